The van der Waals surface area contributed by atoms with Crippen LogP contribution in [0.15, 0.2) is 53.9 Å². The summed E-state index contributed by atoms with van der Waals surface area (Å²) in [6.45, 7) is 5.13. The minimum Gasteiger partial charge on any atom is -0.321 e. The number of aliphatic imine (C=N–C) groups is 1. The number of aryl methyl sites for hydroxylation is 2. The van der Waals surface area contributed by atoms with Crippen LogP contribution in [-0.4, -0.2) is 44.8 Å². The van der Waals surface area contributed by atoms with Crippen LogP contribution in [0.5, 0.6) is 0 Å². The molecule has 0 saturated carbocycles. The van der Waals surface area contributed by atoms with Gasteiger partial charge in [0.15, 0.2) is 5.13 Å². The van der Waals surface area contributed by atoms with Gasteiger partial charge < -0.3 is 10.2 Å². The summed E-state index contributed by atoms with van der Waals surface area (Å²) in [7, 11) is 0. The van der Waals surface area contributed by atoms with Gasteiger partial charge in [0.2, 0.25) is 5.95 Å². The molecule has 40 heavy (non-hydrogen) atoms. The molecule has 0 aliphatic carbocycles. The molecule has 0 fully saturated rings. The summed E-state index contributed by atoms with van der Waals surface area (Å²) in [5.41, 5.74) is 2.52. The lowest BCUT2D eigenvalue weighted by atomic mass is 9.94. The van der Waals surface area contributed by atoms with Crippen molar-refractivity contribution in [1.29, 1.82) is 0 Å². The molecule has 0 unspecified atom stereocenters. The number of aromatic nitrogens is 4. The zero-order valence-corrected chi connectivity index (χ0v) is 22.1. The Labute approximate surface area is 230 Å². The first-order valence-electron chi connectivity index (χ1n) is 12.2. The monoisotopic (exact) mass is 562 g/mol. The SMILES string of the molecule is Cc1cnc(Nc2ncc3c(n2)N2CCN=C2C(c2cc(NC(=O)c4cc(C(F)(F)F)ccn4)ccc2C)=C3)s1. The minimum absolute atomic E-state index is 0.330. The van der Waals surface area contributed by atoms with E-state index in [0.29, 0.717) is 29.9 Å². The molecule has 0 saturated heterocycles. The van der Waals surface area contributed by atoms with Crippen LogP contribution in [0.25, 0.3) is 11.6 Å². The molecule has 0 spiro atoms. The number of nitrogens with one attached hydrogen (secondary N) is 2. The number of benzene rings is 1. The van der Waals surface area contributed by atoms with E-state index in [2.05, 4.69) is 25.6 Å². The first kappa shape index (κ1) is 25.6. The van der Waals surface area contributed by atoms with E-state index in [-0.39, 0.29) is 5.69 Å². The summed E-state index contributed by atoms with van der Waals surface area (Å²) in [6.07, 6.45) is 1.86. The van der Waals surface area contributed by atoms with Gasteiger partial charge in [-0.1, -0.05) is 6.07 Å². The Hall–Kier alpha value is -4.65. The number of alkyl halides is 3. The fraction of sp³-hybridized carbons (Fsp3) is 0.185. The average Bonchev–Trinajstić information content (AvgIpc) is 3.58. The van der Waals surface area contributed by atoms with Gasteiger partial charge in [-0.05, 0) is 55.3 Å². The van der Waals surface area contributed by atoms with E-state index in [9.17, 15) is 18.0 Å². The van der Waals surface area contributed by atoms with E-state index in [1.807, 2.05) is 30.9 Å². The van der Waals surface area contributed by atoms with Crippen LogP contribution in [-0.2, 0) is 6.18 Å². The second kappa shape index (κ2) is 9.83. The van der Waals surface area contributed by atoms with E-state index in [1.54, 1.807) is 24.5 Å². The molecule has 0 bridgehead atoms. The molecule has 6 rings (SSSR count). The summed E-state index contributed by atoms with van der Waals surface area (Å²) in [6, 6.07) is 6.86. The van der Waals surface area contributed by atoms with Crippen LogP contribution in [0.4, 0.5) is 35.8 Å². The molecule has 3 aromatic heterocycles. The molecular formula is C27H21F3N8OS. The van der Waals surface area contributed by atoms with Crippen LogP contribution in [0.2, 0.25) is 0 Å². The van der Waals surface area contributed by atoms with Crippen molar-refractivity contribution in [3.05, 3.63) is 81.7 Å². The summed E-state index contributed by atoms with van der Waals surface area (Å²) < 4.78 is 39.3. The Morgan fingerprint density at radius 2 is 1.93 bits per heavy atom. The summed E-state index contributed by atoms with van der Waals surface area (Å²) in [4.78, 5) is 37.9. The van der Waals surface area contributed by atoms with Crippen molar-refractivity contribution in [1.82, 2.24) is 19.9 Å². The minimum atomic E-state index is -4.58. The van der Waals surface area contributed by atoms with Gasteiger partial charge in [-0.2, -0.15) is 18.2 Å². The first-order chi connectivity index (χ1) is 19.2. The van der Waals surface area contributed by atoms with Gasteiger partial charge in [0, 0.05) is 46.8 Å². The topological polar surface area (TPSA) is 108 Å². The number of carbonyl (C=O) groups excluding carboxylic acids is 1. The number of rotatable bonds is 5. The second-order valence-electron chi connectivity index (χ2n) is 9.20. The molecular weight excluding hydrogens is 541 g/mol. The number of anilines is 4. The van der Waals surface area contributed by atoms with Gasteiger partial charge >= 0.3 is 6.18 Å². The molecule has 9 nitrogen and oxygen atoms in total. The standard InChI is InChI=1S/C27H21F3N8OS/c1-14-3-4-18(35-24(39)21-10-17(5-6-31-21)27(28,29)30)11-19(14)20-9-16-13-33-25(37-26-34-12-15(2)40-26)36-22(16)38-8-7-32-23(20)38/h3-6,9-13H,7-8H2,1-2H3,(H,35,39)(H,33,34,36,37). The fourth-order valence-corrected chi connectivity index (χ4v) is 5.14. The van der Waals surface area contributed by atoms with Gasteiger partial charge in [0.25, 0.3) is 5.91 Å². The molecule has 202 valence electrons. The lowest BCUT2D eigenvalue weighted by Gasteiger charge is -2.28. The Kier molecular flexibility index (Phi) is 6.29. The van der Waals surface area contributed by atoms with Gasteiger partial charge in [0.05, 0.1) is 12.1 Å². The van der Waals surface area contributed by atoms with Gasteiger partial charge in [-0.25, -0.2) is 9.97 Å². The molecule has 2 aliphatic heterocycles. The summed E-state index contributed by atoms with van der Waals surface area (Å²) in [5.74, 6) is 1.16. The van der Waals surface area contributed by atoms with E-state index >= 15 is 0 Å². The Balaban J connectivity index is 1.31. The number of carbonyl (C=O) groups is 1. The lowest BCUT2D eigenvalue weighted by Crippen LogP contribution is -2.32. The Morgan fingerprint density at radius 3 is 2.70 bits per heavy atom. The van der Waals surface area contributed by atoms with E-state index < -0.39 is 17.6 Å². The predicted octanol–water partition coefficient (Wildman–Crippen LogP) is 5.73. The van der Waals surface area contributed by atoms with Crippen molar-refractivity contribution >= 4 is 57.3 Å². The molecule has 1 aromatic carbocycles. The van der Waals surface area contributed by atoms with E-state index in [1.165, 1.54) is 11.3 Å². The molecule has 2 aliphatic rings. The number of nitrogens with zero attached hydrogens (tertiary/aromatic N) is 6. The van der Waals surface area contributed by atoms with Crippen molar-refractivity contribution in [3.8, 4) is 0 Å². The highest BCUT2D eigenvalue weighted by molar-refractivity contribution is 7.15. The quantitative estimate of drug-likeness (QED) is 0.320. The lowest BCUT2D eigenvalue weighted by molar-refractivity contribution is -0.137. The fourth-order valence-electron chi connectivity index (χ4n) is 4.49. The average molecular weight is 563 g/mol. The van der Waals surface area contributed by atoms with E-state index in [4.69, 9.17) is 9.98 Å². The third kappa shape index (κ3) is 4.91. The zero-order valence-electron chi connectivity index (χ0n) is 21.2. The molecule has 1 amide bonds. The highest BCUT2D eigenvalue weighted by Crippen LogP contribution is 2.37. The van der Waals surface area contributed by atoms with Crippen molar-refractivity contribution < 1.29 is 18.0 Å². The highest BCUT2D eigenvalue weighted by atomic mass is 32.1. The van der Waals surface area contributed by atoms with Crippen LogP contribution < -0.4 is 15.5 Å². The second-order valence-corrected chi connectivity index (χ2v) is 10.4. The first-order valence-corrected chi connectivity index (χ1v) is 13.0. The molecule has 13 heteroatoms. The maximum Gasteiger partial charge on any atom is 0.416 e. The maximum atomic E-state index is 13.1. The van der Waals surface area contributed by atoms with Crippen LogP contribution >= 0.6 is 11.3 Å². The van der Waals surface area contributed by atoms with Crippen molar-refractivity contribution in [2.75, 3.05) is 28.6 Å². The summed E-state index contributed by atoms with van der Waals surface area (Å²) in [5, 5.41) is 6.52. The van der Waals surface area contributed by atoms with Gasteiger partial charge in [-0.15, -0.1) is 11.3 Å². The summed E-state index contributed by atoms with van der Waals surface area (Å²) >= 11 is 1.51. The number of fused-ring (bicyclic) bond motifs is 3. The van der Waals surface area contributed by atoms with Gasteiger partial charge in [-0.3, -0.25) is 20.1 Å². The predicted molar refractivity (Wildman–Crippen MR) is 148 cm³/mol. The number of thiazole rings is 1. The van der Waals surface area contributed by atoms with Crippen LogP contribution in [0.3, 0.4) is 0 Å². The number of hydrogen-bond acceptors (Lipinski definition) is 9. The molecule has 2 N–H and O–H groups in total. The third-order valence-corrected chi connectivity index (χ3v) is 7.21. The normalized spacial score (nSPS) is 14.3. The van der Waals surface area contributed by atoms with E-state index in [0.717, 1.165) is 57.1 Å². The zero-order chi connectivity index (χ0) is 28.0. The Morgan fingerprint density at radius 1 is 1.07 bits per heavy atom. The van der Waals surface area contributed by atoms with Crippen LogP contribution in [0.1, 0.15) is 37.6 Å². The van der Waals surface area contributed by atoms with Crippen molar-refractivity contribution in [2.24, 2.45) is 4.99 Å². The molecule has 0 atom stereocenters. The number of pyridine rings is 1. The Bertz CT molecular complexity index is 1710. The number of hydrogen-bond donors (Lipinski definition) is 2. The smallest absolute Gasteiger partial charge is 0.321 e. The van der Waals surface area contributed by atoms with Crippen molar-refractivity contribution in [2.45, 2.75) is 20.0 Å². The van der Waals surface area contributed by atoms with Gasteiger partial charge in [0.1, 0.15) is 17.3 Å². The molecule has 0 radical (unpaired) electrons. The number of halogens is 3. The maximum absolute atomic E-state index is 13.1. The highest BCUT2D eigenvalue weighted by Gasteiger charge is 2.32. The molecule has 4 aromatic rings. The number of amides is 1. The molecule has 5 heterocycles. The third-order valence-electron chi connectivity index (χ3n) is 6.38. The van der Waals surface area contributed by atoms with Crippen molar-refractivity contribution in [3.63, 3.8) is 0 Å². The van der Waals surface area contributed by atoms with Crippen LogP contribution in [0, 0.1) is 13.8 Å². The number of amidine groups is 1. The largest absolute Gasteiger partial charge is 0.416 e.